The predicted molar refractivity (Wildman–Crippen MR) is 111 cm³/mol. The van der Waals surface area contributed by atoms with Crippen LogP contribution in [0.3, 0.4) is 0 Å². The first-order valence-electron chi connectivity index (χ1n) is 8.76. The SMILES string of the molecule is CN=C(NCCCSc1ccc(F)cc1)NCc1cccc(NC(C)=O)c1. The molecule has 1 amide bonds. The molecule has 0 aromatic heterocycles. The molecule has 2 aromatic rings. The molecule has 0 spiro atoms. The maximum absolute atomic E-state index is 12.9. The van der Waals surface area contributed by atoms with Gasteiger partial charge in [-0.05, 0) is 54.1 Å². The second-order valence-corrected chi connectivity index (χ2v) is 7.06. The molecular weight excluding hydrogens is 363 g/mol. The van der Waals surface area contributed by atoms with Crippen molar-refractivity contribution in [3.8, 4) is 0 Å². The Morgan fingerprint density at radius 3 is 2.63 bits per heavy atom. The van der Waals surface area contributed by atoms with E-state index >= 15 is 0 Å². The summed E-state index contributed by atoms with van der Waals surface area (Å²) in [7, 11) is 1.73. The van der Waals surface area contributed by atoms with Crippen LogP contribution in [0.15, 0.2) is 58.4 Å². The number of rotatable bonds is 8. The Hall–Kier alpha value is -2.54. The van der Waals surface area contributed by atoms with Crippen LogP contribution in [-0.4, -0.2) is 31.2 Å². The zero-order valence-corrected chi connectivity index (χ0v) is 16.4. The van der Waals surface area contributed by atoms with Crippen molar-refractivity contribution in [1.82, 2.24) is 10.6 Å². The number of thioether (sulfide) groups is 1. The number of hydrogen-bond donors (Lipinski definition) is 3. The van der Waals surface area contributed by atoms with Crippen molar-refractivity contribution in [2.75, 3.05) is 24.7 Å². The molecule has 0 saturated carbocycles. The Balaban J connectivity index is 1.68. The van der Waals surface area contributed by atoms with Crippen LogP contribution in [0.4, 0.5) is 10.1 Å². The van der Waals surface area contributed by atoms with Gasteiger partial charge in [0.1, 0.15) is 5.82 Å². The molecule has 144 valence electrons. The molecule has 0 bridgehead atoms. The second-order valence-electron chi connectivity index (χ2n) is 5.89. The number of hydrogen-bond acceptors (Lipinski definition) is 3. The summed E-state index contributed by atoms with van der Waals surface area (Å²) in [4.78, 5) is 16.4. The van der Waals surface area contributed by atoms with Gasteiger partial charge in [0.15, 0.2) is 5.96 Å². The standard InChI is InChI=1S/C20H25FN4OS/c1-15(26)25-18-6-3-5-16(13-18)14-24-20(22-2)23-11-4-12-27-19-9-7-17(21)8-10-19/h3,5-10,13H,4,11-12,14H2,1-2H3,(H,25,26)(H2,22,23,24). The van der Waals surface area contributed by atoms with Crippen molar-refractivity contribution >= 4 is 29.3 Å². The average molecular weight is 389 g/mol. The van der Waals surface area contributed by atoms with Gasteiger partial charge in [-0.15, -0.1) is 11.8 Å². The topological polar surface area (TPSA) is 65.5 Å². The number of nitrogens with zero attached hydrogens (tertiary/aromatic N) is 1. The van der Waals surface area contributed by atoms with E-state index in [1.807, 2.05) is 24.3 Å². The third-order valence-electron chi connectivity index (χ3n) is 3.63. The van der Waals surface area contributed by atoms with Crippen molar-refractivity contribution in [3.63, 3.8) is 0 Å². The van der Waals surface area contributed by atoms with Crippen molar-refractivity contribution in [2.45, 2.75) is 24.8 Å². The van der Waals surface area contributed by atoms with Crippen molar-refractivity contribution < 1.29 is 9.18 Å². The van der Waals surface area contributed by atoms with Gasteiger partial charge in [-0.25, -0.2) is 4.39 Å². The van der Waals surface area contributed by atoms with E-state index in [-0.39, 0.29) is 11.7 Å². The number of benzene rings is 2. The van der Waals surface area contributed by atoms with Crippen LogP contribution in [-0.2, 0) is 11.3 Å². The quantitative estimate of drug-likeness (QED) is 0.280. The summed E-state index contributed by atoms with van der Waals surface area (Å²) in [5.74, 6) is 1.37. The zero-order chi connectivity index (χ0) is 19.5. The molecular formula is C20H25FN4OS. The van der Waals surface area contributed by atoms with E-state index in [4.69, 9.17) is 0 Å². The normalized spacial score (nSPS) is 11.1. The Bertz CT molecular complexity index is 765. The molecule has 0 heterocycles. The maximum Gasteiger partial charge on any atom is 0.221 e. The molecule has 0 aliphatic rings. The summed E-state index contributed by atoms with van der Waals surface area (Å²) < 4.78 is 12.9. The first kappa shape index (κ1) is 20.8. The largest absolute Gasteiger partial charge is 0.356 e. The summed E-state index contributed by atoms with van der Waals surface area (Å²) in [5, 5.41) is 9.31. The van der Waals surface area contributed by atoms with E-state index < -0.39 is 0 Å². The lowest BCUT2D eigenvalue weighted by atomic mass is 10.2. The molecule has 0 aliphatic carbocycles. The highest BCUT2D eigenvalue weighted by Crippen LogP contribution is 2.18. The van der Waals surface area contributed by atoms with Crippen LogP contribution in [0.1, 0.15) is 18.9 Å². The third kappa shape index (κ3) is 8.13. The predicted octanol–water partition coefficient (Wildman–Crippen LogP) is 3.63. The van der Waals surface area contributed by atoms with Gasteiger partial charge in [0.25, 0.3) is 0 Å². The van der Waals surface area contributed by atoms with Gasteiger partial charge in [-0.3, -0.25) is 9.79 Å². The summed E-state index contributed by atoms with van der Waals surface area (Å²) >= 11 is 1.70. The van der Waals surface area contributed by atoms with E-state index in [1.165, 1.54) is 19.1 Å². The van der Waals surface area contributed by atoms with Gasteiger partial charge >= 0.3 is 0 Å². The number of carbonyl (C=O) groups excluding carboxylic acids is 1. The average Bonchev–Trinajstić information content (AvgIpc) is 2.65. The Labute approximate surface area is 163 Å². The second kappa shape index (κ2) is 11.2. The van der Waals surface area contributed by atoms with Crippen LogP contribution in [0.5, 0.6) is 0 Å². The monoisotopic (exact) mass is 388 g/mol. The molecule has 0 unspecified atom stereocenters. The smallest absolute Gasteiger partial charge is 0.221 e. The lowest BCUT2D eigenvalue weighted by molar-refractivity contribution is -0.114. The van der Waals surface area contributed by atoms with Gasteiger partial charge in [0.2, 0.25) is 5.91 Å². The van der Waals surface area contributed by atoms with Crippen molar-refractivity contribution in [1.29, 1.82) is 0 Å². The van der Waals surface area contributed by atoms with Crippen LogP contribution in [0.25, 0.3) is 0 Å². The molecule has 0 atom stereocenters. The van der Waals surface area contributed by atoms with Crippen molar-refractivity contribution in [2.24, 2.45) is 4.99 Å². The highest BCUT2D eigenvalue weighted by atomic mass is 32.2. The number of aliphatic imine (C=N–C) groups is 1. The van der Waals surface area contributed by atoms with E-state index in [1.54, 1.807) is 30.9 Å². The minimum absolute atomic E-state index is 0.0870. The molecule has 0 aliphatic heterocycles. The van der Waals surface area contributed by atoms with Gasteiger partial charge in [-0.2, -0.15) is 0 Å². The number of guanidine groups is 1. The molecule has 2 rings (SSSR count). The number of nitrogens with one attached hydrogen (secondary N) is 3. The summed E-state index contributed by atoms with van der Waals surface area (Å²) in [6, 6.07) is 14.2. The van der Waals surface area contributed by atoms with Gasteiger partial charge < -0.3 is 16.0 Å². The lowest BCUT2D eigenvalue weighted by Gasteiger charge is -2.12. The molecule has 3 N–H and O–H groups in total. The molecule has 7 heteroatoms. The van der Waals surface area contributed by atoms with Crippen molar-refractivity contribution in [3.05, 3.63) is 59.9 Å². The third-order valence-corrected chi connectivity index (χ3v) is 4.73. The van der Waals surface area contributed by atoms with Gasteiger partial charge in [-0.1, -0.05) is 12.1 Å². The van der Waals surface area contributed by atoms with Gasteiger partial charge in [0.05, 0.1) is 0 Å². The summed E-state index contributed by atoms with van der Waals surface area (Å²) in [6.45, 7) is 2.89. The molecule has 27 heavy (non-hydrogen) atoms. The molecule has 0 saturated heterocycles. The highest BCUT2D eigenvalue weighted by molar-refractivity contribution is 7.99. The summed E-state index contributed by atoms with van der Waals surface area (Å²) in [6.07, 6.45) is 0.959. The molecule has 0 radical (unpaired) electrons. The fraction of sp³-hybridized carbons (Fsp3) is 0.300. The minimum atomic E-state index is -0.210. The van der Waals surface area contributed by atoms with E-state index in [0.29, 0.717) is 6.54 Å². The Kier molecular flexibility index (Phi) is 8.64. The molecule has 2 aromatic carbocycles. The molecule has 5 nitrogen and oxygen atoms in total. The highest BCUT2D eigenvalue weighted by Gasteiger charge is 2.01. The maximum atomic E-state index is 12.9. The zero-order valence-electron chi connectivity index (χ0n) is 15.6. The van der Waals surface area contributed by atoms with Crippen LogP contribution >= 0.6 is 11.8 Å². The van der Waals surface area contributed by atoms with Crippen LogP contribution < -0.4 is 16.0 Å². The number of amides is 1. The molecule has 0 fully saturated rings. The van der Waals surface area contributed by atoms with Crippen LogP contribution in [0.2, 0.25) is 0 Å². The van der Waals surface area contributed by atoms with Gasteiger partial charge in [0, 0.05) is 37.6 Å². The minimum Gasteiger partial charge on any atom is -0.356 e. The van der Waals surface area contributed by atoms with E-state index in [2.05, 4.69) is 20.9 Å². The van der Waals surface area contributed by atoms with E-state index in [0.717, 1.165) is 40.8 Å². The fourth-order valence-corrected chi connectivity index (χ4v) is 3.22. The fourth-order valence-electron chi connectivity index (χ4n) is 2.37. The Morgan fingerprint density at radius 2 is 1.93 bits per heavy atom. The Morgan fingerprint density at radius 1 is 1.15 bits per heavy atom. The van der Waals surface area contributed by atoms with Crippen LogP contribution in [0, 0.1) is 5.82 Å². The summed E-state index contributed by atoms with van der Waals surface area (Å²) in [5.41, 5.74) is 1.83. The number of carbonyl (C=O) groups is 1. The number of halogens is 1. The first-order chi connectivity index (χ1) is 13.1. The number of anilines is 1. The van der Waals surface area contributed by atoms with E-state index in [9.17, 15) is 9.18 Å². The first-order valence-corrected chi connectivity index (χ1v) is 9.75. The lowest BCUT2D eigenvalue weighted by Crippen LogP contribution is -2.37.